The summed E-state index contributed by atoms with van der Waals surface area (Å²) in [6.45, 7) is 2.32. The van der Waals surface area contributed by atoms with Crippen molar-refractivity contribution in [1.29, 1.82) is 0 Å². The molecule has 1 amide bonds. The van der Waals surface area contributed by atoms with E-state index in [4.69, 9.17) is 0 Å². The molecule has 1 saturated heterocycles. The molecular formula is C17H17F3N6OS. The van der Waals surface area contributed by atoms with E-state index in [9.17, 15) is 16.5 Å². The zero-order chi connectivity index (χ0) is 19.7. The van der Waals surface area contributed by atoms with Crippen LogP contribution >= 0.6 is 11.2 Å². The smallest absolute Gasteiger partial charge is 0.237 e. The number of piperazine rings is 1. The number of carbonyl (C=O) groups is 1. The van der Waals surface area contributed by atoms with Crippen molar-refractivity contribution in [1.82, 2.24) is 24.7 Å². The van der Waals surface area contributed by atoms with E-state index < -0.39 is 16.1 Å². The van der Waals surface area contributed by atoms with Crippen molar-refractivity contribution < 1.29 is 16.5 Å². The Bertz CT molecular complexity index is 982. The number of hydrogen-bond acceptors (Lipinski definition) is 5. The maximum Gasteiger partial charge on any atom is 0.237 e. The predicted molar refractivity (Wildman–Crippen MR) is 98.9 cm³/mol. The normalized spacial score (nSPS) is 15.8. The first-order chi connectivity index (χ1) is 13.4. The summed E-state index contributed by atoms with van der Waals surface area (Å²) in [6, 6.07) is 8.54. The van der Waals surface area contributed by atoms with E-state index in [0.29, 0.717) is 37.4 Å². The summed E-state index contributed by atoms with van der Waals surface area (Å²) in [5, 5.41) is 12.2. The number of amides is 1. The first-order valence-electron chi connectivity index (χ1n) is 8.61. The standard InChI is InChI=1S/C17H17F3N6OS/c18-28(19,20)14-3-1-13(2-4-14)11-17(27)25-9-7-24(8-10-25)16-6-5-15-22-21-12-26(15)23-16/h1-6,12H,7-11H2. The van der Waals surface area contributed by atoms with Gasteiger partial charge in [0.15, 0.2) is 5.65 Å². The van der Waals surface area contributed by atoms with E-state index in [1.54, 1.807) is 9.42 Å². The van der Waals surface area contributed by atoms with Gasteiger partial charge < -0.3 is 9.80 Å². The summed E-state index contributed by atoms with van der Waals surface area (Å²) >= 11 is -5.23. The Morgan fingerprint density at radius 3 is 2.39 bits per heavy atom. The Kier molecular flexibility index (Phi) is 4.84. The van der Waals surface area contributed by atoms with Crippen LogP contribution in [0.5, 0.6) is 0 Å². The number of carbonyl (C=O) groups excluding carboxylic acids is 1. The summed E-state index contributed by atoms with van der Waals surface area (Å²) in [5.41, 5.74) is 1.25. The SMILES string of the molecule is O=C(Cc1ccc(S(F)(F)F)cc1)N1CCN(c2ccc3nncn3n2)CC1. The van der Waals surface area contributed by atoms with Gasteiger partial charge in [-0.2, -0.15) is 4.52 Å². The molecular weight excluding hydrogens is 393 g/mol. The van der Waals surface area contributed by atoms with Gasteiger partial charge in [-0.25, -0.2) is 0 Å². The van der Waals surface area contributed by atoms with Crippen LogP contribution in [-0.2, 0) is 11.2 Å². The third-order valence-corrected chi connectivity index (χ3v) is 5.46. The fourth-order valence-electron chi connectivity index (χ4n) is 3.12. The zero-order valence-electron chi connectivity index (χ0n) is 14.7. The molecule has 0 saturated carbocycles. The zero-order valence-corrected chi connectivity index (χ0v) is 15.5. The van der Waals surface area contributed by atoms with E-state index >= 15 is 0 Å². The lowest BCUT2D eigenvalue weighted by Gasteiger charge is -2.35. The fraction of sp³-hybridized carbons (Fsp3) is 0.294. The quantitative estimate of drug-likeness (QED) is 0.662. The monoisotopic (exact) mass is 410 g/mol. The maximum atomic E-state index is 12.7. The Balaban J connectivity index is 1.34. The average molecular weight is 410 g/mol. The van der Waals surface area contributed by atoms with Crippen molar-refractivity contribution in [2.45, 2.75) is 11.3 Å². The largest absolute Gasteiger partial charge is 0.352 e. The Hall–Kier alpha value is -2.82. The van der Waals surface area contributed by atoms with Gasteiger partial charge >= 0.3 is 0 Å². The average Bonchev–Trinajstić information content (AvgIpc) is 3.15. The minimum atomic E-state index is -5.23. The van der Waals surface area contributed by atoms with Crippen molar-refractivity contribution >= 4 is 28.6 Å². The van der Waals surface area contributed by atoms with E-state index in [0.717, 1.165) is 18.0 Å². The molecule has 1 aromatic carbocycles. The highest BCUT2D eigenvalue weighted by molar-refractivity contribution is 8.20. The second-order valence-corrected chi connectivity index (χ2v) is 7.70. The molecule has 0 N–H and O–H groups in total. The number of anilines is 1. The van der Waals surface area contributed by atoms with Gasteiger partial charge in [0.05, 0.1) is 11.3 Å². The molecule has 0 unspecified atom stereocenters. The molecule has 148 valence electrons. The third-order valence-electron chi connectivity index (χ3n) is 4.65. The highest BCUT2D eigenvalue weighted by Crippen LogP contribution is 2.60. The Morgan fingerprint density at radius 2 is 1.71 bits per heavy atom. The predicted octanol–water partition coefficient (Wildman–Crippen LogP) is 2.83. The number of halogens is 3. The van der Waals surface area contributed by atoms with Crippen LogP contribution in [0, 0.1) is 0 Å². The summed E-state index contributed by atoms with van der Waals surface area (Å²) in [6.07, 6.45) is 1.63. The summed E-state index contributed by atoms with van der Waals surface area (Å²) in [7, 11) is 0. The van der Waals surface area contributed by atoms with Crippen LogP contribution in [0.2, 0.25) is 0 Å². The van der Waals surface area contributed by atoms with Crippen LogP contribution in [-0.4, -0.2) is 56.8 Å². The lowest BCUT2D eigenvalue weighted by molar-refractivity contribution is -0.130. The molecule has 1 fully saturated rings. The van der Waals surface area contributed by atoms with Crippen molar-refractivity contribution in [3.63, 3.8) is 0 Å². The Labute approximate surface area is 161 Å². The molecule has 3 heterocycles. The maximum absolute atomic E-state index is 12.7. The van der Waals surface area contributed by atoms with Crippen molar-refractivity contribution in [3.05, 3.63) is 48.3 Å². The molecule has 1 aliphatic rings. The van der Waals surface area contributed by atoms with Gasteiger partial charge in [0.2, 0.25) is 17.1 Å². The first kappa shape index (κ1) is 18.5. The van der Waals surface area contributed by atoms with Crippen molar-refractivity contribution in [3.8, 4) is 0 Å². The molecule has 0 radical (unpaired) electrons. The molecule has 0 bridgehead atoms. The minimum Gasteiger partial charge on any atom is -0.352 e. The number of rotatable bonds is 4. The molecule has 1 aliphatic heterocycles. The number of hydrogen-bond donors (Lipinski definition) is 0. The highest BCUT2D eigenvalue weighted by Gasteiger charge is 2.25. The summed E-state index contributed by atoms with van der Waals surface area (Å²) in [5.74, 6) is 0.693. The van der Waals surface area contributed by atoms with Gasteiger partial charge in [0.25, 0.3) is 0 Å². The second kappa shape index (κ2) is 7.30. The van der Waals surface area contributed by atoms with Crippen LogP contribution in [0.3, 0.4) is 0 Å². The molecule has 0 aliphatic carbocycles. The summed E-state index contributed by atoms with van der Waals surface area (Å²) < 4.78 is 39.7. The number of fused-ring (bicyclic) bond motifs is 1. The van der Waals surface area contributed by atoms with E-state index in [-0.39, 0.29) is 12.3 Å². The number of benzene rings is 1. The minimum absolute atomic E-state index is 0.0889. The van der Waals surface area contributed by atoms with Crippen LogP contribution in [0.4, 0.5) is 17.5 Å². The molecule has 0 atom stereocenters. The molecule has 4 rings (SSSR count). The lowest BCUT2D eigenvalue weighted by Crippen LogP contribution is -2.49. The molecule has 3 aromatic rings. The number of aromatic nitrogens is 4. The van der Waals surface area contributed by atoms with Gasteiger partial charge in [-0.15, -0.1) is 27.0 Å². The van der Waals surface area contributed by atoms with Crippen LogP contribution in [0.15, 0.2) is 47.6 Å². The summed E-state index contributed by atoms with van der Waals surface area (Å²) in [4.78, 5) is 15.7. The third kappa shape index (κ3) is 3.88. The molecule has 11 heteroatoms. The van der Waals surface area contributed by atoms with Crippen LogP contribution in [0.25, 0.3) is 5.65 Å². The number of nitrogens with zero attached hydrogens (tertiary/aromatic N) is 6. The van der Waals surface area contributed by atoms with E-state index in [1.807, 2.05) is 12.1 Å². The van der Waals surface area contributed by atoms with Crippen LogP contribution < -0.4 is 4.90 Å². The Morgan fingerprint density at radius 1 is 1.00 bits per heavy atom. The van der Waals surface area contributed by atoms with Gasteiger partial charge in [0.1, 0.15) is 12.1 Å². The molecule has 2 aromatic heterocycles. The first-order valence-corrected chi connectivity index (χ1v) is 9.94. The van der Waals surface area contributed by atoms with Crippen LogP contribution in [0.1, 0.15) is 5.56 Å². The van der Waals surface area contributed by atoms with Gasteiger partial charge in [-0.05, 0) is 29.8 Å². The molecule has 28 heavy (non-hydrogen) atoms. The van der Waals surface area contributed by atoms with Gasteiger partial charge in [-0.3, -0.25) is 4.79 Å². The van der Waals surface area contributed by atoms with Crippen molar-refractivity contribution in [2.24, 2.45) is 0 Å². The highest BCUT2D eigenvalue weighted by atomic mass is 32.3. The molecule has 0 spiro atoms. The van der Waals surface area contributed by atoms with Gasteiger partial charge in [-0.1, -0.05) is 12.1 Å². The van der Waals surface area contributed by atoms with E-state index in [1.165, 1.54) is 18.5 Å². The van der Waals surface area contributed by atoms with Gasteiger partial charge in [0, 0.05) is 26.2 Å². The topological polar surface area (TPSA) is 66.6 Å². The lowest BCUT2D eigenvalue weighted by atomic mass is 10.1. The van der Waals surface area contributed by atoms with E-state index in [2.05, 4.69) is 20.2 Å². The second-order valence-electron chi connectivity index (χ2n) is 6.42. The van der Waals surface area contributed by atoms with Crippen molar-refractivity contribution in [2.75, 3.05) is 31.1 Å². The fourth-order valence-corrected chi connectivity index (χ4v) is 3.56. The molecule has 7 nitrogen and oxygen atoms in total.